The van der Waals surface area contributed by atoms with Gasteiger partial charge >= 0.3 is 0 Å². The number of nitrogens with zero attached hydrogens (tertiary/aromatic N) is 1. The van der Waals surface area contributed by atoms with Crippen molar-refractivity contribution >= 4 is 0 Å². The second-order valence-electron chi connectivity index (χ2n) is 5.42. The Labute approximate surface area is 116 Å². The van der Waals surface area contributed by atoms with Gasteiger partial charge in [-0.1, -0.05) is 37.3 Å². The van der Waals surface area contributed by atoms with Crippen LogP contribution in [-0.4, -0.2) is 41.8 Å². The minimum absolute atomic E-state index is 0.302. The Kier molecular flexibility index (Phi) is 5.37. The molecule has 2 rings (SSSR count). The molecule has 1 N–H and O–H groups in total. The molecule has 0 spiro atoms. The van der Waals surface area contributed by atoms with Gasteiger partial charge in [-0.25, -0.2) is 0 Å². The van der Waals surface area contributed by atoms with Gasteiger partial charge in [0.15, 0.2) is 0 Å². The third kappa shape index (κ3) is 4.03. The molecule has 0 aromatic heterocycles. The first-order chi connectivity index (χ1) is 9.20. The van der Waals surface area contributed by atoms with E-state index >= 15 is 0 Å². The molecule has 0 bridgehead atoms. The van der Waals surface area contributed by atoms with E-state index < -0.39 is 0 Å². The summed E-state index contributed by atoms with van der Waals surface area (Å²) >= 11 is 0. The Hall–Kier alpha value is -0.900. The molecule has 1 heterocycles. The lowest BCUT2D eigenvalue weighted by Crippen LogP contribution is -2.48. The molecule has 0 aliphatic carbocycles. The zero-order valence-electron chi connectivity index (χ0n) is 12.0. The van der Waals surface area contributed by atoms with Crippen LogP contribution in [0.2, 0.25) is 0 Å². The van der Waals surface area contributed by atoms with Gasteiger partial charge in [0, 0.05) is 19.1 Å². The second-order valence-corrected chi connectivity index (χ2v) is 5.42. The Morgan fingerprint density at radius 2 is 2.11 bits per heavy atom. The Balaban J connectivity index is 1.86. The standard InChI is InChI=1S/C16H25NO2/c1-3-15-12-19-13(2)11-17(15)10-9-16(18)14-7-5-4-6-8-14/h4-8,13,15-16,18H,3,9-12H2,1-2H3. The highest BCUT2D eigenvalue weighted by Gasteiger charge is 2.25. The van der Waals surface area contributed by atoms with Crippen molar-refractivity contribution in [3.63, 3.8) is 0 Å². The number of benzene rings is 1. The van der Waals surface area contributed by atoms with Gasteiger partial charge in [-0.2, -0.15) is 0 Å². The maximum absolute atomic E-state index is 10.2. The van der Waals surface area contributed by atoms with Gasteiger partial charge in [0.2, 0.25) is 0 Å². The van der Waals surface area contributed by atoms with Crippen LogP contribution in [0.1, 0.15) is 38.4 Å². The van der Waals surface area contributed by atoms with Crippen molar-refractivity contribution < 1.29 is 9.84 Å². The maximum atomic E-state index is 10.2. The van der Waals surface area contributed by atoms with Crippen LogP contribution >= 0.6 is 0 Å². The van der Waals surface area contributed by atoms with Gasteiger partial charge in [0.25, 0.3) is 0 Å². The van der Waals surface area contributed by atoms with E-state index in [2.05, 4.69) is 18.7 Å². The number of hydrogen-bond donors (Lipinski definition) is 1. The third-order valence-corrected chi connectivity index (χ3v) is 3.93. The highest BCUT2D eigenvalue weighted by molar-refractivity contribution is 5.17. The molecule has 3 nitrogen and oxygen atoms in total. The largest absolute Gasteiger partial charge is 0.388 e. The average molecular weight is 263 g/mol. The quantitative estimate of drug-likeness (QED) is 0.886. The summed E-state index contributed by atoms with van der Waals surface area (Å²) in [4.78, 5) is 2.46. The summed E-state index contributed by atoms with van der Waals surface area (Å²) in [5.41, 5.74) is 1.01. The molecule has 3 unspecified atom stereocenters. The predicted molar refractivity (Wildman–Crippen MR) is 77.1 cm³/mol. The first-order valence-corrected chi connectivity index (χ1v) is 7.29. The van der Waals surface area contributed by atoms with Gasteiger partial charge in [-0.15, -0.1) is 0 Å². The minimum Gasteiger partial charge on any atom is -0.388 e. The highest BCUT2D eigenvalue weighted by atomic mass is 16.5. The summed E-state index contributed by atoms with van der Waals surface area (Å²) in [6.45, 7) is 7.04. The van der Waals surface area contributed by atoms with E-state index in [0.717, 1.165) is 38.1 Å². The van der Waals surface area contributed by atoms with Crippen LogP contribution in [0.4, 0.5) is 0 Å². The van der Waals surface area contributed by atoms with Gasteiger partial charge in [0.05, 0.1) is 18.8 Å². The molecule has 0 radical (unpaired) electrons. The molecule has 106 valence electrons. The molecule has 0 amide bonds. The second kappa shape index (κ2) is 7.04. The molecule has 1 aliphatic heterocycles. The van der Waals surface area contributed by atoms with Crippen molar-refractivity contribution in [1.82, 2.24) is 4.90 Å². The van der Waals surface area contributed by atoms with Crippen molar-refractivity contribution in [3.05, 3.63) is 35.9 Å². The minimum atomic E-state index is -0.364. The van der Waals surface area contributed by atoms with Crippen molar-refractivity contribution in [2.45, 2.75) is 44.9 Å². The van der Waals surface area contributed by atoms with Crippen LogP contribution in [0.3, 0.4) is 0 Å². The fourth-order valence-corrected chi connectivity index (χ4v) is 2.69. The number of rotatable bonds is 5. The van der Waals surface area contributed by atoms with Crippen molar-refractivity contribution in [3.8, 4) is 0 Å². The number of hydrogen-bond acceptors (Lipinski definition) is 3. The summed E-state index contributed by atoms with van der Waals surface area (Å²) < 4.78 is 5.70. The normalized spacial score (nSPS) is 26.3. The molecule has 1 saturated heterocycles. The van der Waals surface area contributed by atoms with Crippen LogP contribution in [0, 0.1) is 0 Å². The van der Waals surface area contributed by atoms with E-state index in [0.29, 0.717) is 12.1 Å². The Morgan fingerprint density at radius 3 is 2.79 bits per heavy atom. The summed E-state index contributed by atoms with van der Waals surface area (Å²) in [6, 6.07) is 10.4. The molecular weight excluding hydrogens is 238 g/mol. The molecule has 19 heavy (non-hydrogen) atoms. The molecule has 1 fully saturated rings. The van der Waals surface area contributed by atoms with Crippen LogP contribution in [-0.2, 0) is 4.74 Å². The smallest absolute Gasteiger partial charge is 0.0802 e. The maximum Gasteiger partial charge on any atom is 0.0802 e. The zero-order chi connectivity index (χ0) is 13.7. The first kappa shape index (κ1) is 14.5. The van der Waals surface area contributed by atoms with Crippen LogP contribution in [0.15, 0.2) is 30.3 Å². The van der Waals surface area contributed by atoms with E-state index in [-0.39, 0.29) is 6.10 Å². The fourth-order valence-electron chi connectivity index (χ4n) is 2.69. The van der Waals surface area contributed by atoms with E-state index in [1.165, 1.54) is 0 Å². The molecule has 1 aromatic rings. The highest BCUT2D eigenvalue weighted by Crippen LogP contribution is 2.20. The number of aliphatic hydroxyl groups is 1. The lowest BCUT2D eigenvalue weighted by atomic mass is 10.0. The summed E-state index contributed by atoms with van der Waals surface area (Å²) in [6.07, 6.45) is 1.83. The number of ether oxygens (including phenoxy) is 1. The first-order valence-electron chi connectivity index (χ1n) is 7.29. The molecular formula is C16H25NO2. The van der Waals surface area contributed by atoms with Gasteiger partial charge in [0.1, 0.15) is 0 Å². The van der Waals surface area contributed by atoms with E-state index in [4.69, 9.17) is 4.74 Å². The van der Waals surface area contributed by atoms with Gasteiger partial charge < -0.3 is 9.84 Å². The van der Waals surface area contributed by atoms with E-state index in [1.807, 2.05) is 30.3 Å². The van der Waals surface area contributed by atoms with Crippen molar-refractivity contribution in [2.24, 2.45) is 0 Å². The topological polar surface area (TPSA) is 32.7 Å². The Bertz CT molecular complexity index is 368. The van der Waals surface area contributed by atoms with Crippen LogP contribution in [0.5, 0.6) is 0 Å². The molecule has 1 aromatic carbocycles. The lowest BCUT2D eigenvalue weighted by molar-refractivity contribution is -0.0591. The predicted octanol–water partition coefficient (Wildman–Crippen LogP) is 2.61. The van der Waals surface area contributed by atoms with Crippen LogP contribution < -0.4 is 0 Å². The lowest BCUT2D eigenvalue weighted by Gasteiger charge is -2.38. The van der Waals surface area contributed by atoms with Gasteiger partial charge in [-0.05, 0) is 25.3 Å². The number of aliphatic hydroxyl groups excluding tert-OH is 1. The average Bonchev–Trinajstić information content (AvgIpc) is 2.46. The van der Waals surface area contributed by atoms with Crippen LogP contribution in [0.25, 0.3) is 0 Å². The molecule has 3 heteroatoms. The third-order valence-electron chi connectivity index (χ3n) is 3.93. The monoisotopic (exact) mass is 263 g/mol. The Morgan fingerprint density at radius 1 is 1.37 bits per heavy atom. The summed E-state index contributed by atoms with van der Waals surface area (Å²) in [5.74, 6) is 0. The molecule has 1 aliphatic rings. The van der Waals surface area contributed by atoms with E-state index in [9.17, 15) is 5.11 Å². The van der Waals surface area contributed by atoms with Gasteiger partial charge in [-0.3, -0.25) is 4.90 Å². The van der Waals surface area contributed by atoms with Crippen molar-refractivity contribution in [1.29, 1.82) is 0 Å². The fraction of sp³-hybridized carbons (Fsp3) is 0.625. The van der Waals surface area contributed by atoms with Crippen molar-refractivity contribution in [2.75, 3.05) is 19.7 Å². The summed E-state index contributed by atoms with van der Waals surface area (Å²) in [5, 5.41) is 10.2. The SMILES string of the molecule is CCC1COC(C)CN1CCC(O)c1ccccc1. The molecule has 0 saturated carbocycles. The van der Waals surface area contributed by atoms with E-state index in [1.54, 1.807) is 0 Å². The molecule has 3 atom stereocenters. The number of morpholine rings is 1. The summed E-state index contributed by atoms with van der Waals surface area (Å²) in [7, 11) is 0. The zero-order valence-corrected chi connectivity index (χ0v) is 12.0.